The number of hydrogen-bond donors (Lipinski definition) is 0. The topological polar surface area (TPSA) is 25.8 Å². The van der Waals surface area contributed by atoms with E-state index < -0.39 is 0 Å². The minimum Gasteiger partial charge on any atom is -0.228 e. The molecule has 0 amide bonds. The van der Waals surface area contributed by atoms with Crippen LogP contribution in [0.5, 0.6) is 0 Å². The summed E-state index contributed by atoms with van der Waals surface area (Å²) < 4.78 is 2.61. The molecule has 10 rings (SSSR count). The van der Waals surface area contributed by atoms with Gasteiger partial charge in [-0.15, -0.1) is 11.3 Å². The fraction of sp³-hybridized carbons (Fsp3) is 0. The number of rotatable bonds is 5. The van der Waals surface area contributed by atoms with Crippen molar-refractivity contribution >= 4 is 53.1 Å². The van der Waals surface area contributed by atoms with Crippen molar-refractivity contribution in [2.45, 2.75) is 0 Å². The Morgan fingerprint density at radius 2 is 0.824 bits per heavy atom. The molecule has 0 saturated carbocycles. The fourth-order valence-electron chi connectivity index (χ4n) is 7.58. The summed E-state index contributed by atoms with van der Waals surface area (Å²) in [6.45, 7) is 0. The van der Waals surface area contributed by atoms with Crippen molar-refractivity contribution in [1.29, 1.82) is 0 Å². The van der Waals surface area contributed by atoms with E-state index in [1.54, 1.807) is 0 Å². The number of nitrogens with zero attached hydrogens (tertiary/aromatic N) is 2. The summed E-state index contributed by atoms with van der Waals surface area (Å²) >= 11 is 1.86. The Bertz CT molecular complexity index is 2910. The summed E-state index contributed by atoms with van der Waals surface area (Å²) in [5, 5.41) is 7.30. The quantitative estimate of drug-likeness (QED) is 0.183. The summed E-state index contributed by atoms with van der Waals surface area (Å²) in [6, 6.07) is 64.9. The van der Waals surface area contributed by atoms with Crippen molar-refractivity contribution < 1.29 is 0 Å². The van der Waals surface area contributed by atoms with Crippen LogP contribution < -0.4 is 0 Å². The summed E-state index contributed by atoms with van der Waals surface area (Å²) in [6.07, 6.45) is 0. The molecule has 0 saturated heterocycles. The number of hydrogen-bond acceptors (Lipinski definition) is 3. The molecule has 0 aliphatic heterocycles. The summed E-state index contributed by atoms with van der Waals surface area (Å²) in [7, 11) is 0. The van der Waals surface area contributed by atoms with E-state index in [4.69, 9.17) is 9.97 Å². The van der Waals surface area contributed by atoms with Crippen LogP contribution in [0, 0.1) is 0 Å². The molecule has 0 atom stereocenters. The van der Waals surface area contributed by atoms with Crippen molar-refractivity contribution in [1.82, 2.24) is 9.97 Å². The highest BCUT2D eigenvalue weighted by Crippen LogP contribution is 2.44. The van der Waals surface area contributed by atoms with E-state index >= 15 is 0 Å². The first-order valence-electron chi connectivity index (χ1n) is 17.2. The van der Waals surface area contributed by atoms with Gasteiger partial charge in [-0.1, -0.05) is 158 Å². The van der Waals surface area contributed by atoms with Crippen molar-refractivity contribution in [3.63, 3.8) is 0 Å². The first-order valence-corrected chi connectivity index (χ1v) is 18.1. The highest BCUT2D eigenvalue weighted by molar-refractivity contribution is 7.25. The smallest absolute Gasteiger partial charge is 0.161 e. The third kappa shape index (κ3) is 5.01. The van der Waals surface area contributed by atoms with Crippen LogP contribution in [0.15, 0.2) is 182 Å². The van der Waals surface area contributed by atoms with Gasteiger partial charge in [-0.05, 0) is 68.1 Å². The first kappa shape index (κ1) is 29.5. The maximum atomic E-state index is 5.38. The molecule has 2 nitrogen and oxygen atoms in total. The Balaban J connectivity index is 1.20. The van der Waals surface area contributed by atoms with Crippen LogP contribution in [0.2, 0.25) is 0 Å². The minimum absolute atomic E-state index is 0.713. The Morgan fingerprint density at radius 3 is 1.57 bits per heavy atom. The lowest BCUT2D eigenvalue weighted by Crippen LogP contribution is -1.98. The van der Waals surface area contributed by atoms with Crippen LogP contribution in [0.3, 0.4) is 0 Å². The second-order valence-electron chi connectivity index (χ2n) is 12.9. The van der Waals surface area contributed by atoms with Gasteiger partial charge in [0, 0.05) is 36.9 Å². The van der Waals surface area contributed by atoms with Gasteiger partial charge in [0.1, 0.15) is 0 Å². The molecule has 2 heterocycles. The first-order chi connectivity index (χ1) is 25.3. The molecule has 0 aliphatic rings. The zero-order valence-corrected chi connectivity index (χ0v) is 28.4. The maximum absolute atomic E-state index is 5.38. The maximum Gasteiger partial charge on any atom is 0.161 e. The largest absolute Gasteiger partial charge is 0.228 e. The molecule has 0 radical (unpaired) electrons. The van der Waals surface area contributed by atoms with E-state index in [1.165, 1.54) is 58.6 Å². The minimum atomic E-state index is 0.713. The van der Waals surface area contributed by atoms with Gasteiger partial charge < -0.3 is 0 Å². The Kier molecular flexibility index (Phi) is 7.04. The van der Waals surface area contributed by atoms with Crippen molar-refractivity contribution in [3.05, 3.63) is 182 Å². The van der Waals surface area contributed by atoms with Crippen LogP contribution >= 0.6 is 11.3 Å². The molecule has 0 fully saturated rings. The summed E-state index contributed by atoms with van der Waals surface area (Å²) in [5.74, 6) is 0.713. The van der Waals surface area contributed by atoms with Gasteiger partial charge in [0.05, 0.1) is 11.4 Å². The van der Waals surface area contributed by atoms with Gasteiger partial charge >= 0.3 is 0 Å². The van der Waals surface area contributed by atoms with E-state index in [-0.39, 0.29) is 0 Å². The molecular formula is C48H30N2S. The van der Waals surface area contributed by atoms with Crippen LogP contribution in [0.25, 0.3) is 97.9 Å². The second kappa shape index (κ2) is 12.2. The van der Waals surface area contributed by atoms with E-state index in [1.807, 2.05) is 17.4 Å². The van der Waals surface area contributed by atoms with Gasteiger partial charge in [0.15, 0.2) is 5.82 Å². The molecule has 0 N–H and O–H groups in total. The Labute approximate surface area is 300 Å². The lowest BCUT2D eigenvalue weighted by Gasteiger charge is -2.16. The molecule has 0 unspecified atom stereocenters. The Morgan fingerprint density at radius 1 is 0.314 bits per heavy atom. The van der Waals surface area contributed by atoms with Gasteiger partial charge in [-0.25, -0.2) is 9.97 Å². The standard InChI is InChI=1S/C48H30N2S/c1-3-14-31(15-4-1)33-26-28-39(36-20-9-7-18-34(33)36)44-30-43(32-16-5-2-6-17-32)49-48(50-44)41-29-27-38(35-19-8-10-21-37(35)41)40-23-13-25-46-47(40)42-22-11-12-24-45(42)51-46/h1-30H. The van der Waals surface area contributed by atoms with Crippen LogP contribution in [-0.4, -0.2) is 9.97 Å². The molecule has 238 valence electrons. The number of benzene rings is 8. The fourth-order valence-corrected chi connectivity index (χ4v) is 8.71. The molecule has 51 heavy (non-hydrogen) atoms. The molecule has 3 heteroatoms. The summed E-state index contributed by atoms with van der Waals surface area (Å²) in [5.41, 5.74) is 9.83. The van der Waals surface area contributed by atoms with E-state index in [2.05, 4.69) is 176 Å². The van der Waals surface area contributed by atoms with Crippen LogP contribution in [0.1, 0.15) is 0 Å². The monoisotopic (exact) mass is 666 g/mol. The molecule has 0 aliphatic carbocycles. The lowest BCUT2D eigenvalue weighted by molar-refractivity contribution is 1.19. The van der Waals surface area contributed by atoms with E-state index in [0.717, 1.165) is 33.5 Å². The third-order valence-electron chi connectivity index (χ3n) is 9.94. The molecular weight excluding hydrogens is 637 g/mol. The molecule has 0 spiro atoms. The van der Waals surface area contributed by atoms with Crippen molar-refractivity contribution in [2.24, 2.45) is 0 Å². The average molecular weight is 667 g/mol. The highest BCUT2D eigenvalue weighted by Gasteiger charge is 2.18. The zero-order chi connectivity index (χ0) is 33.7. The molecule has 2 aromatic heterocycles. The highest BCUT2D eigenvalue weighted by atomic mass is 32.1. The van der Waals surface area contributed by atoms with Crippen molar-refractivity contribution in [2.75, 3.05) is 0 Å². The SMILES string of the molecule is c1ccc(-c2cc(-c3ccc(-c4ccccc4)c4ccccc34)nc(-c3ccc(-c4cccc5sc6ccccc6c45)c4ccccc34)n2)cc1. The van der Waals surface area contributed by atoms with Gasteiger partial charge in [0.2, 0.25) is 0 Å². The predicted octanol–water partition coefficient (Wildman–Crippen LogP) is 13.5. The van der Waals surface area contributed by atoms with Crippen LogP contribution in [-0.2, 0) is 0 Å². The van der Waals surface area contributed by atoms with E-state index in [9.17, 15) is 0 Å². The number of fused-ring (bicyclic) bond motifs is 5. The molecule has 0 bridgehead atoms. The normalized spacial score (nSPS) is 11.5. The Hall–Kier alpha value is -6.42. The van der Waals surface area contributed by atoms with E-state index in [0.29, 0.717) is 5.82 Å². The van der Waals surface area contributed by atoms with Gasteiger partial charge in [0.25, 0.3) is 0 Å². The zero-order valence-electron chi connectivity index (χ0n) is 27.6. The lowest BCUT2D eigenvalue weighted by atomic mass is 9.92. The van der Waals surface area contributed by atoms with Crippen LogP contribution in [0.4, 0.5) is 0 Å². The molecule has 10 aromatic rings. The second-order valence-corrected chi connectivity index (χ2v) is 14.0. The molecule has 8 aromatic carbocycles. The predicted molar refractivity (Wildman–Crippen MR) is 217 cm³/mol. The van der Waals surface area contributed by atoms with Gasteiger partial charge in [-0.2, -0.15) is 0 Å². The van der Waals surface area contributed by atoms with Crippen molar-refractivity contribution in [3.8, 4) is 56.2 Å². The average Bonchev–Trinajstić information content (AvgIpc) is 3.60. The summed E-state index contributed by atoms with van der Waals surface area (Å²) in [4.78, 5) is 10.6. The van der Waals surface area contributed by atoms with Gasteiger partial charge in [-0.3, -0.25) is 0 Å². The number of aromatic nitrogens is 2. The third-order valence-corrected chi connectivity index (χ3v) is 11.1. The number of thiophene rings is 1.